The Morgan fingerprint density at radius 3 is 2.48 bits per heavy atom. The highest BCUT2D eigenvalue weighted by molar-refractivity contribution is 6.07. The first-order valence-electron chi connectivity index (χ1n) is 5.58. The Morgan fingerprint density at radius 2 is 1.86 bits per heavy atom. The number of carbonyl (C=O) groups is 2. The zero-order valence-electron chi connectivity index (χ0n) is 10.3. The van der Waals surface area contributed by atoms with E-state index in [0.717, 1.165) is 0 Å². The van der Waals surface area contributed by atoms with Crippen LogP contribution in [0.4, 0.5) is 14.5 Å². The summed E-state index contributed by atoms with van der Waals surface area (Å²) in [6.07, 6.45) is 1.23. The van der Waals surface area contributed by atoms with Gasteiger partial charge in [-0.25, -0.2) is 18.6 Å². The Balaban J connectivity index is 2.40. The molecule has 0 atom stereocenters. The van der Waals surface area contributed by atoms with E-state index in [1.54, 1.807) is 0 Å². The van der Waals surface area contributed by atoms with Gasteiger partial charge in [0.05, 0.1) is 11.3 Å². The highest BCUT2D eigenvalue weighted by Gasteiger charge is 2.19. The number of carbonyl (C=O) groups excluding carboxylic acids is 1. The summed E-state index contributed by atoms with van der Waals surface area (Å²) in [5.41, 5.74) is -1.45. The molecule has 0 aliphatic rings. The molecule has 0 bridgehead atoms. The normalized spacial score (nSPS) is 10.2. The number of anilines is 1. The maximum Gasteiger partial charge on any atom is 0.337 e. The lowest BCUT2D eigenvalue weighted by Crippen LogP contribution is -2.17. The van der Waals surface area contributed by atoms with Crippen LogP contribution in [-0.2, 0) is 0 Å². The van der Waals surface area contributed by atoms with E-state index in [0.29, 0.717) is 12.1 Å². The number of carboxylic acid groups (broad SMARTS) is 1. The van der Waals surface area contributed by atoms with Crippen LogP contribution in [-0.4, -0.2) is 27.1 Å². The number of pyridine rings is 1. The van der Waals surface area contributed by atoms with Gasteiger partial charge in [-0.15, -0.1) is 0 Å². The van der Waals surface area contributed by atoms with Gasteiger partial charge in [0.15, 0.2) is 17.3 Å². The van der Waals surface area contributed by atoms with Crippen LogP contribution in [0.1, 0.15) is 20.8 Å². The van der Waals surface area contributed by atoms with Gasteiger partial charge in [0.2, 0.25) is 0 Å². The number of aromatic hydroxyl groups is 1. The molecule has 8 heteroatoms. The predicted octanol–water partition coefficient (Wildman–Crippen LogP) is 2.02. The summed E-state index contributed by atoms with van der Waals surface area (Å²) in [4.78, 5) is 26.4. The first kappa shape index (κ1) is 14.4. The van der Waals surface area contributed by atoms with Crippen molar-refractivity contribution in [2.45, 2.75) is 0 Å². The molecular weight excluding hydrogens is 286 g/mol. The van der Waals surface area contributed by atoms with Crippen molar-refractivity contribution < 1.29 is 28.6 Å². The van der Waals surface area contributed by atoms with Crippen molar-refractivity contribution in [1.82, 2.24) is 4.98 Å². The van der Waals surface area contributed by atoms with Crippen LogP contribution in [0, 0.1) is 11.6 Å². The fourth-order valence-corrected chi connectivity index (χ4v) is 1.58. The molecule has 0 saturated heterocycles. The Hall–Kier alpha value is -3.03. The van der Waals surface area contributed by atoms with Crippen LogP contribution < -0.4 is 5.32 Å². The van der Waals surface area contributed by atoms with Crippen LogP contribution in [0.5, 0.6) is 5.75 Å². The summed E-state index contributed by atoms with van der Waals surface area (Å²) in [7, 11) is 0. The predicted molar refractivity (Wildman–Crippen MR) is 67.2 cm³/mol. The first-order valence-corrected chi connectivity index (χ1v) is 5.58. The van der Waals surface area contributed by atoms with Gasteiger partial charge in [0, 0.05) is 12.3 Å². The van der Waals surface area contributed by atoms with Crippen molar-refractivity contribution in [1.29, 1.82) is 0 Å². The van der Waals surface area contributed by atoms with Crippen LogP contribution in [0.25, 0.3) is 0 Å². The number of nitrogens with zero attached hydrogens (tertiary/aromatic N) is 1. The van der Waals surface area contributed by atoms with E-state index in [4.69, 9.17) is 5.11 Å². The van der Waals surface area contributed by atoms with Crippen molar-refractivity contribution in [2.24, 2.45) is 0 Å². The zero-order valence-corrected chi connectivity index (χ0v) is 10.3. The Bertz CT molecular complexity index is 734. The second-order valence-corrected chi connectivity index (χ2v) is 3.94. The lowest BCUT2D eigenvalue weighted by atomic mass is 10.1. The maximum absolute atomic E-state index is 13.2. The molecule has 0 fully saturated rings. The van der Waals surface area contributed by atoms with Crippen molar-refractivity contribution in [3.05, 3.63) is 53.4 Å². The summed E-state index contributed by atoms with van der Waals surface area (Å²) in [6.45, 7) is 0. The Kier molecular flexibility index (Phi) is 3.79. The molecule has 2 rings (SSSR count). The third kappa shape index (κ3) is 2.94. The Labute approximate surface area is 116 Å². The van der Waals surface area contributed by atoms with Gasteiger partial charge in [-0.3, -0.25) is 4.79 Å². The van der Waals surface area contributed by atoms with Gasteiger partial charge >= 0.3 is 5.97 Å². The first-order chi connectivity index (χ1) is 9.90. The molecule has 1 aromatic heterocycles. The zero-order chi connectivity index (χ0) is 15.6. The molecule has 0 aliphatic heterocycles. The minimum absolute atomic E-state index is 0.376. The summed E-state index contributed by atoms with van der Waals surface area (Å²) >= 11 is 0. The summed E-state index contributed by atoms with van der Waals surface area (Å²) in [5, 5.41) is 20.4. The number of aromatic nitrogens is 1. The van der Waals surface area contributed by atoms with E-state index in [-0.39, 0.29) is 5.69 Å². The van der Waals surface area contributed by atoms with Crippen LogP contribution in [0.3, 0.4) is 0 Å². The van der Waals surface area contributed by atoms with E-state index in [2.05, 4.69) is 10.3 Å². The summed E-state index contributed by atoms with van der Waals surface area (Å²) in [6, 6.07) is 3.57. The summed E-state index contributed by atoms with van der Waals surface area (Å²) in [5.74, 6) is -5.61. The molecule has 108 valence electrons. The van der Waals surface area contributed by atoms with Crippen molar-refractivity contribution in [3.63, 3.8) is 0 Å². The second kappa shape index (κ2) is 5.53. The van der Waals surface area contributed by atoms with Gasteiger partial charge < -0.3 is 15.5 Å². The number of amides is 1. The van der Waals surface area contributed by atoms with Crippen molar-refractivity contribution in [3.8, 4) is 5.75 Å². The van der Waals surface area contributed by atoms with Crippen LogP contribution in [0.15, 0.2) is 30.5 Å². The standard InChI is InChI=1S/C13H8F2N2O4/c14-7-4-6(13(20)21)9(5-8(7)15)17-12(19)11-10(18)2-1-3-16-11/h1-5,18H,(H,17,19)(H,20,21). The maximum atomic E-state index is 13.2. The molecule has 6 nitrogen and oxygen atoms in total. The molecule has 0 radical (unpaired) electrons. The van der Waals surface area contributed by atoms with Crippen molar-refractivity contribution in [2.75, 3.05) is 5.32 Å². The van der Waals surface area contributed by atoms with Gasteiger partial charge in [-0.1, -0.05) is 0 Å². The number of aromatic carboxylic acids is 1. The molecule has 21 heavy (non-hydrogen) atoms. The topological polar surface area (TPSA) is 99.5 Å². The molecule has 2 aromatic rings. The van der Waals surface area contributed by atoms with E-state index >= 15 is 0 Å². The number of hydrogen-bond donors (Lipinski definition) is 3. The molecule has 0 aliphatic carbocycles. The van der Waals surface area contributed by atoms with Gasteiger partial charge in [0.25, 0.3) is 5.91 Å². The highest BCUT2D eigenvalue weighted by atomic mass is 19.2. The third-order valence-corrected chi connectivity index (χ3v) is 2.54. The summed E-state index contributed by atoms with van der Waals surface area (Å²) < 4.78 is 26.2. The molecular formula is C13H8F2N2O4. The molecule has 1 heterocycles. The number of rotatable bonds is 3. The average molecular weight is 294 g/mol. The third-order valence-electron chi connectivity index (χ3n) is 2.54. The van der Waals surface area contributed by atoms with Crippen LogP contribution in [0.2, 0.25) is 0 Å². The molecule has 0 unspecified atom stereocenters. The highest BCUT2D eigenvalue weighted by Crippen LogP contribution is 2.22. The minimum atomic E-state index is -1.55. The number of halogens is 2. The lowest BCUT2D eigenvalue weighted by molar-refractivity contribution is 0.0697. The second-order valence-electron chi connectivity index (χ2n) is 3.94. The monoisotopic (exact) mass is 294 g/mol. The van der Waals surface area contributed by atoms with E-state index < -0.39 is 40.5 Å². The van der Waals surface area contributed by atoms with E-state index in [1.807, 2.05) is 0 Å². The fourth-order valence-electron chi connectivity index (χ4n) is 1.58. The molecule has 1 amide bonds. The fraction of sp³-hybridized carbons (Fsp3) is 0. The number of benzene rings is 1. The van der Waals surface area contributed by atoms with Crippen molar-refractivity contribution >= 4 is 17.6 Å². The number of nitrogens with one attached hydrogen (secondary N) is 1. The largest absolute Gasteiger partial charge is 0.505 e. The lowest BCUT2D eigenvalue weighted by Gasteiger charge is -2.09. The number of hydrogen-bond acceptors (Lipinski definition) is 4. The molecule has 1 aromatic carbocycles. The molecule has 0 saturated carbocycles. The quantitative estimate of drug-likeness (QED) is 0.804. The smallest absolute Gasteiger partial charge is 0.337 e. The van der Waals surface area contributed by atoms with E-state index in [1.165, 1.54) is 18.3 Å². The molecule has 3 N–H and O–H groups in total. The number of carboxylic acids is 1. The van der Waals surface area contributed by atoms with Crippen LogP contribution >= 0.6 is 0 Å². The average Bonchev–Trinajstić information content (AvgIpc) is 2.42. The Morgan fingerprint density at radius 1 is 1.19 bits per heavy atom. The minimum Gasteiger partial charge on any atom is -0.505 e. The van der Waals surface area contributed by atoms with Gasteiger partial charge in [-0.2, -0.15) is 0 Å². The molecule has 0 spiro atoms. The van der Waals surface area contributed by atoms with Gasteiger partial charge in [0.1, 0.15) is 5.75 Å². The van der Waals surface area contributed by atoms with Gasteiger partial charge in [-0.05, 0) is 18.2 Å². The SMILES string of the molecule is O=C(O)c1cc(F)c(F)cc1NC(=O)c1ncccc1O. The van der Waals surface area contributed by atoms with E-state index in [9.17, 15) is 23.5 Å².